The van der Waals surface area contributed by atoms with Gasteiger partial charge in [-0.05, 0) is 36.4 Å². The van der Waals surface area contributed by atoms with Gasteiger partial charge in [-0.15, -0.1) is 0 Å². The molecular formula is C20H13ClN2O2. The lowest BCUT2D eigenvalue weighted by molar-refractivity contribution is 0.102. The second kappa shape index (κ2) is 6.42. The van der Waals surface area contributed by atoms with Crippen molar-refractivity contribution in [3.05, 3.63) is 83.4 Å². The maximum atomic E-state index is 12.5. The highest BCUT2D eigenvalue weighted by atomic mass is 35.5. The summed E-state index contributed by atoms with van der Waals surface area (Å²) in [5.41, 5.74) is 2.79. The SMILES string of the molecule is O=C(Nc1cccc(Cl)c1)c1ccc2noc(-c3ccccc3)c2c1. The fourth-order valence-electron chi connectivity index (χ4n) is 2.65. The van der Waals surface area contributed by atoms with Gasteiger partial charge in [-0.25, -0.2) is 0 Å². The highest BCUT2D eigenvalue weighted by Crippen LogP contribution is 2.29. The molecule has 0 aliphatic heterocycles. The molecule has 5 heteroatoms. The summed E-state index contributed by atoms with van der Waals surface area (Å²) < 4.78 is 5.47. The van der Waals surface area contributed by atoms with Crippen molar-refractivity contribution in [3.63, 3.8) is 0 Å². The molecule has 4 rings (SSSR count). The highest BCUT2D eigenvalue weighted by molar-refractivity contribution is 6.31. The van der Waals surface area contributed by atoms with Crippen LogP contribution in [-0.2, 0) is 0 Å². The van der Waals surface area contributed by atoms with E-state index in [0.29, 0.717) is 27.6 Å². The molecule has 25 heavy (non-hydrogen) atoms. The Morgan fingerprint density at radius 2 is 1.80 bits per heavy atom. The lowest BCUT2D eigenvalue weighted by atomic mass is 10.1. The van der Waals surface area contributed by atoms with Crippen LogP contribution in [0.5, 0.6) is 0 Å². The van der Waals surface area contributed by atoms with E-state index in [0.717, 1.165) is 10.9 Å². The van der Waals surface area contributed by atoms with E-state index in [1.165, 1.54) is 0 Å². The van der Waals surface area contributed by atoms with Crippen LogP contribution in [0.4, 0.5) is 5.69 Å². The van der Waals surface area contributed by atoms with Gasteiger partial charge in [-0.1, -0.05) is 53.2 Å². The van der Waals surface area contributed by atoms with Gasteiger partial charge in [0.25, 0.3) is 5.91 Å². The smallest absolute Gasteiger partial charge is 0.255 e. The first kappa shape index (κ1) is 15.4. The van der Waals surface area contributed by atoms with Crippen LogP contribution >= 0.6 is 11.6 Å². The van der Waals surface area contributed by atoms with Gasteiger partial charge >= 0.3 is 0 Å². The van der Waals surface area contributed by atoms with Gasteiger partial charge in [0.15, 0.2) is 5.76 Å². The Balaban J connectivity index is 1.70. The molecule has 0 radical (unpaired) electrons. The molecule has 0 fully saturated rings. The zero-order chi connectivity index (χ0) is 17.2. The molecule has 0 bridgehead atoms. The fourth-order valence-corrected chi connectivity index (χ4v) is 2.84. The van der Waals surface area contributed by atoms with Crippen LogP contribution in [0.25, 0.3) is 22.2 Å². The van der Waals surface area contributed by atoms with E-state index in [1.54, 1.807) is 42.5 Å². The molecule has 1 amide bonds. The number of fused-ring (bicyclic) bond motifs is 1. The molecule has 3 aromatic carbocycles. The minimum atomic E-state index is -0.218. The monoisotopic (exact) mass is 348 g/mol. The third-order valence-electron chi connectivity index (χ3n) is 3.86. The van der Waals surface area contributed by atoms with Crippen LogP contribution in [0.2, 0.25) is 5.02 Å². The molecule has 1 heterocycles. The summed E-state index contributed by atoms with van der Waals surface area (Å²) in [5, 5.41) is 8.27. The minimum absolute atomic E-state index is 0.218. The van der Waals surface area contributed by atoms with E-state index in [1.807, 2.05) is 30.3 Å². The number of amides is 1. The molecule has 4 aromatic rings. The third-order valence-corrected chi connectivity index (χ3v) is 4.09. The number of rotatable bonds is 3. The lowest BCUT2D eigenvalue weighted by Crippen LogP contribution is -2.11. The van der Waals surface area contributed by atoms with Crippen LogP contribution in [0.1, 0.15) is 10.4 Å². The molecule has 4 nitrogen and oxygen atoms in total. The average molecular weight is 349 g/mol. The molecule has 0 saturated heterocycles. The summed E-state index contributed by atoms with van der Waals surface area (Å²) >= 11 is 5.95. The molecule has 1 aromatic heterocycles. The topological polar surface area (TPSA) is 55.1 Å². The van der Waals surface area contributed by atoms with Crippen molar-refractivity contribution in [3.8, 4) is 11.3 Å². The molecule has 0 saturated carbocycles. The van der Waals surface area contributed by atoms with Gasteiger partial charge in [0.1, 0.15) is 5.52 Å². The van der Waals surface area contributed by atoms with Crippen molar-refractivity contribution in [2.75, 3.05) is 5.32 Å². The van der Waals surface area contributed by atoms with Crippen molar-refractivity contribution in [2.24, 2.45) is 0 Å². The fraction of sp³-hybridized carbons (Fsp3) is 0. The first-order valence-electron chi connectivity index (χ1n) is 7.72. The maximum absolute atomic E-state index is 12.5. The Kier molecular flexibility index (Phi) is 3.96. The van der Waals surface area contributed by atoms with Crippen LogP contribution in [-0.4, -0.2) is 11.1 Å². The van der Waals surface area contributed by atoms with Crippen molar-refractivity contribution >= 4 is 34.1 Å². The number of halogens is 1. The number of anilines is 1. The predicted octanol–water partition coefficient (Wildman–Crippen LogP) is 5.40. The Morgan fingerprint density at radius 1 is 0.960 bits per heavy atom. The number of nitrogens with zero attached hydrogens (tertiary/aromatic N) is 1. The summed E-state index contributed by atoms with van der Waals surface area (Å²) in [5.74, 6) is 0.428. The zero-order valence-electron chi connectivity index (χ0n) is 13.1. The standard InChI is InChI=1S/C20H13ClN2O2/c21-15-7-4-8-16(12-15)22-20(24)14-9-10-18-17(11-14)19(25-23-18)13-5-2-1-3-6-13/h1-12H,(H,22,24). The Bertz CT molecular complexity index is 1060. The van der Waals surface area contributed by atoms with E-state index in [4.69, 9.17) is 16.1 Å². The number of carbonyl (C=O) groups is 1. The van der Waals surface area contributed by atoms with E-state index in [-0.39, 0.29) is 5.91 Å². The Labute approximate surface area is 149 Å². The third kappa shape index (κ3) is 3.12. The average Bonchev–Trinajstić information content (AvgIpc) is 3.05. The molecule has 1 N–H and O–H groups in total. The van der Waals surface area contributed by atoms with E-state index >= 15 is 0 Å². The second-order valence-corrected chi connectivity index (χ2v) is 6.01. The zero-order valence-corrected chi connectivity index (χ0v) is 13.8. The number of carbonyl (C=O) groups excluding carboxylic acids is 1. The van der Waals surface area contributed by atoms with Gasteiger partial charge in [-0.3, -0.25) is 4.79 Å². The van der Waals surface area contributed by atoms with Crippen LogP contribution in [0.3, 0.4) is 0 Å². The van der Waals surface area contributed by atoms with Crippen LogP contribution < -0.4 is 5.32 Å². The maximum Gasteiger partial charge on any atom is 0.255 e. The number of hydrogen-bond acceptors (Lipinski definition) is 3. The summed E-state index contributed by atoms with van der Waals surface area (Å²) in [6.45, 7) is 0. The number of nitrogens with one attached hydrogen (secondary N) is 1. The van der Waals surface area contributed by atoms with E-state index in [9.17, 15) is 4.79 Å². The first-order chi connectivity index (χ1) is 12.2. The van der Waals surface area contributed by atoms with Gasteiger partial charge < -0.3 is 9.84 Å². The van der Waals surface area contributed by atoms with Gasteiger partial charge in [0.2, 0.25) is 0 Å². The molecule has 0 aliphatic carbocycles. The lowest BCUT2D eigenvalue weighted by Gasteiger charge is -2.06. The summed E-state index contributed by atoms with van der Waals surface area (Å²) in [6, 6.07) is 22.0. The number of aromatic nitrogens is 1. The molecule has 122 valence electrons. The molecule has 0 aliphatic rings. The summed E-state index contributed by atoms with van der Waals surface area (Å²) in [6.07, 6.45) is 0. The van der Waals surface area contributed by atoms with Crippen molar-refractivity contribution in [1.82, 2.24) is 5.16 Å². The predicted molar refractivity (Wildman–Crippen MR) is 98.9 cm³/mol. The van der Waals surface area contributed by atoms with Gasteiger partial charge in [0, 0.05) is 21.8 Å². The summed E-state index contributed by atoms with van der Waals surface area (Å²) in [7, 11) is 0. The number of hydrogen-bond donors (Lipinski definition) is 1. The number of benzene rings is 3. The first-order valence-corrected chi connectivity index (χ1v) is 8.10. The van der Waals surface area contributed by atoms with E-state index < -0.39 is 0 Å². The molecule has 0 spiro atoms. The van der Waals surface area contributed by atoms with Crippen molar-refractivity contribution in [2.45, 2.75) is 0 Å². The molecule has 0 atom stereocenters. The Hall–Kier alpha value is -3.11. The van der Waals surface area contributed by atoms with Gasteiger partial charge in [-0.2, -0.15) is 0 Å². The second-order valence-electron chi connectivity index (χ2n) is 5.57. The van der Waals surface area contributed by atoms with E-state index in [2.05, 4.69) is 10.5 Å². The van der Waals surface area contributed by atoms with Crippen LogP contribution in [0, 0.1) is 0 Å². The minimum Gasteiger partial charge on any atom is -0.355 e. The van der Waals surface area contributed by atoms with Crippen molar-refractivity contribution in [1.29, 1.82) is 0 Å². The Morgan fingerprint density at radius 3 is 2.60 bits per heavy atom. The molecule has 0 unspecified atom stereocenters. The largest absolute Gasteiger partial charge is 0.355 e. The highest BCUT2D eigenvalue weighted by Gasteiger charge is 2.14. The normalized spacial score (nSPS) is 10.8. The van der Waals surface area contributed by atoms with Gasteiger partial charge in [0.05, 0.1) is 5.39 Å². The van der Waals surface area contributed by atoms with Crippen LogP contribution in [0.15, 0.2) is 77.3 Å². The van der Waals surface area contributed by atoms with Crippen molar-refractivity contribution < 1.29 is 9.32 Å². The summed E-state index contributed by atoms with van der Waals surface area (Å²) in [4.78, 5) is 12.5. The molecular weight excluding hydrogens is 336 g/mol. The quantitative estimate of drug-likeness (QED) is 0.539.